The Bertz CT molecular complexity index is 761. The van der Waals surface area contributed by atoms with E-state index < -0.39 is 11.0 Å². The van der Waals surface area contributed by atoms with Gasteiger partial charge in [0.15, 0.2) is 0 Å². The smallest absolute Gasteiger partial charge is 0.273 e. The normalized spacial score (nSPS) is 11.3. The first kappa shape index (κ1) is 18.1. The minimum Gasteiger partial charge on any atom is -0.497 e. The van der Waals surface area contributed by atoms with Gasteiger partial charge < -0.3 is 20.1 Å². The zero-order valence-corrected chi connectivity index (χ0v) is 14.1. The summed E-state index contributed by atoms with van der Waals surface area (Å²) in [7, 11) is 2.96. The number of anilines is 2. The fraction of sp³-hybridized carbons (Fsp3) is 0.235. The molecule has 0 aliphatic carbocycles. The number of hydrogen-bond donors (Lipinski definition) is 2. The number of nitro benzene ring substituents is 1. The van der Waals surface area contributed by atoms with E-state index in [1.807, 2.05) is 0 Å². The minimum atomic E-state index is -0.534. The highest BCUT2D eigenvalue weighted by molar-refractivity contribution is 5.97. The lowest BCUT2D eigenvalue weighted by Crippen LogP contribution is -2.32. The average Bonchev–Trinajstić information content (AvgIpc) is 2.62. The Morgan fingerprint density at radius 2 is 1.80 bits per heavy atom. The number of ether oxygens (including phenoxy) is 2. The van der Waals surface area contributed by atoms with Crippen LogP contribution in [0.1, 0.15) is 6.92 Å². The Labute approximate surface area is 144 Å². The topological polar surface area (TPSA) is 103 Å². The van der Waals surface area contributed by atoms with E-state index in [1.54, 1.807) is 38.3 Å². The summed E-state index contributed by atoms with van der Waals surface area (Å²) in [6, 6.07) is 10.6. The van der Waals surface area contributed by atoms with Crippen LogP contribution in [0.3, 0.4) is 0 Å². The van der Waals surface area contributed by atoms with Crippen LogP contribution in [0, 0.1) is 10.1 Å². The van der Waals surface area contributed by atoms with E-state index in [0.717, 1.165) is 11.4 Å². The number of nitrogens with one attached hydrogen (secondary N) is 2. The molecule has 8 nitrogen and oxygen atoms in total. The first-order valence-corrected chi connectivity index (χ1v) is 7.48. The molecule has 2 aromatic rings. The van der Waals surface area contributed by atoms with Crippen molar-refractivity contribution >= 4 is 23.0 Å². The third kappa shape index (κ3) is 4.60. The van der Waals surface area contributed by atoms with E-state index in [-0.39, 0.29) is 17.3 Å². The van der Waals surface area contributed by atoms with Gasteiger partial charge in [-0.1, -0.05) is 0 Å². The van der Waals surface area contributed by atoms with E-state index in [2.05, 4.69) is 10.6 Å². The maximum atomic E-state index is 12.3. The standard InChI is InChI=1S/C17H19N3O5/c1-11(18-12-4-7-14(24-2)8-5-12)17(21)19-15-9-6-13(20(22)23)10-16(15)25-3/h4-11,18H,1-3H3,(H,19,21)/t11-/m1/s1. The Hall–Kier alpha value is -3.29. The van der Waals surface area contributed by atoms with Gasteiger partial charge in [-0.15, -0.1) is 0 Å². The van der Waals surface area contributed by atoms with Crippen molar-refractivity contribution in [2.45, 2.75) is 13.0 Å². The summed E-state index contributed by atoms with van der Waals surface area (Å²) in [4.78, 5) is 22.6. The maximum absolute atomic E-state index is 12.3. The highest BCUT2D eigenvalue weighted by atomic mass is 16.6. The zero-order chi connectivity index (χ0) is 18.4. The molecule has 1 amide bonds. The van der Waals surface area contributed by atoms with Crippen molar-refractivity contribution < 1.29 is 19.2 Å². The predicted molar refractivity (Wildman–Crippen MR) is 94.4 cm³/mol. The van der Waals surface area contributed by atoms with Crippen LogP contribution in [-0.4, -0.2) is 31.1 Å². The predicted octanol–water partition coefficient (Wildman–Crippen LogP) is 3.05. The Balaban J connectivity index is 2.06. The second-order valence-corrected chi connectivity index (χ2v) is 5.23. The Kier molecular flexibility index (Phi) is 5.78. The van der Waals surface area contributed by atoms with E-state index in [1.165, 1.54) is 25.3 Å². The molecule has 0 saturated carbocycles. The zero-order valence-electron chi connectivity index (χ0n) is 14.1. The van der Waals surface area contributed by atoms with Gasteiger partial charge in [0.05, 0.1) is 30.9 Å². The number of nitrogens with zero attached hydrogens (tertiary/aromatic N) is 1. The molecule has 1 atom stereocenters. The Morgan fingerprint density at radius 3 is 2.36 bits per heavy atom. The molecule has 2 rings (SSSR count). The van der Waals surface area contributed by atoms with Gasteiger partial charge in [-0.05, 0) is 37.3 Å². The number of rotatable bonds is 7. The van der Waals surface area contributed by atoms with Gasteiger partial charge in [0.1, 0.15) is 17.5 Å². The lowest BCUT2D eigenvalue weighted by Gasteiger charge is -2.16. The van der Waals surface area contributed by atoms with Gasteiger partial charge in [0.25, 0.3) is 5.69 Å². The molecule has 8 heteroatoms. The molecule has 0 aliphatic heterocycles. The molecule has 0 aromatic heterocycles. The van der Waals surface area contributed by atoms with Crippen molar-refractivity contribution in [2.24, 2.45) is 0 Å². The Morgan fingerprint density at radius 1 is 1.12 bits per heavy atom. The van der Waals surface area contributed by atoms with Gasteiger partial charge in [-0.25, -0.2) is 0 Å². The number of nitro groups is 1. The molecule has 0 unspecified atom stereocenters. The van der Waals surface area contributed by atoms with Crippen LogP contribution in [0.15, 0.2) is 42.5 Å². The number of methoxy groups -OCH3 is 2. The van der Waals surface area contributed by atoms with E-state index in [9.17, 15) is 14.9 Å². The third-order valence-corrected chi connectivity index (χ3v) is 3.52. The molecule has 0 saturated heterocycles. The summed E-state index contributed by atoms with van der Waals surface area (Å²) < 4.78 is 10.2. The second-order valence-electron chi connectivity index (χ2n) is 5.23. The molecular formula is C17H19N3O5. The largest absolute Gasteiger partial charge is 0.497 e. The summed E-state index contributed by atoms with van der Waals surface area (Å²) in [5.74, 6) is 0.639. The summed E-state index contributed by atoms with van der Waals surface area (Å²) in [5.41, 5.74) is 1.01. The summed E-state index contributed by atoms with van der Waals surface area (Å²) >= 11 is 0. The summed E-state index contributed by atoms with van der Waals surface area (Å²) in [6.07, 6.45) is 0. The molecule has 0 radical (unpaired) electrons. The van der Waals surface area contributed by atoms with Crippen LogP contribution in [0.5, 0.6) is 11.5 Å². The highest BCUT2D eigenvalue weighted by Gasteiger charge is 2.17. The van der Waals surface area contributed by atoms with Crippen molar-refractivity contribution in [3.8, 4) is 11.5 Å². The molecule has 0 bridgehead atoms. The molecule has 2 N–H and O–H groups in total. The fourth-order valence-corrected chi connectivity index (χ4v) is 2.14. The quantitative estimate of drug-likeness (QED) is 0.590. The summed E-state index contributed by atoms with van der Waals surface area (Å²) in [5, 5.41) is 16.6. The first-order valence-electron chi connectivity index (χ1n) is 7.48. The van der Waals surface area contributed by atoms with E-state index >= 15 is 0 Å². The van der Waals surface area contributed by atoms with Gasteiger partial charge >= 0.3 is 0 Å². The SMILES string of the molecule is COc1ccc(N[C@H](C)C(=O)Nc2ccc([N+](=O)[O-])cc2OC)cc1. The molecule has 0 aliphatic rings. The molecule has 0 spiro atoms. The number of non-ortho nitro benzene ring substituents is 1. The number of benzene rings is 2. The van der Waals surface area contributed by atoms with Gasteiger partial charge in [0, 0.05) is 11.8 Å². The number of carbonyl (C=O) groups is 1. The van der Waals surface area contributed by atoms with Crippen molar-refractivity contribution in [3.63, 3.8) is 0 Å². The minimum absolute atomic E-state index is 0.112. The monoisotopic (exact) mass is 345 g/mol. The number of amides is 1. The molecule has 0 fully saturated rings. The van der Waals surface area contributed by atoms with Gasteiger partial charge in [-0.2, -0.15) is 0 Å². The van der Waals surface area contributed by atoms with Gasteiger partial charge in [-0.3, -0.25) is 14.9 Å². The lowest BCUT2D eigenvalue weighted by atomic mass is 10.2. The van der Waals surface area contributed by atoms with Crippen LogP contribution in [0.25, 0.3) is 0 Å². The van der Waals surface area contributed by atoms with Crippen LogP contribution in [0.2, 0.25) is 0 Å². The second kappa shape index (κ2) is 8.00. The van der Waals surface area contributed by atoms with E-state index in [4.69, 9.17) is 9.47 Å². The number of hydrogen-bond acceptors (Lipinski definition) is 6. The van der Waals surface area contributed by atoms with Crippen LogP contribution in [-0.2, 0) is 4.79 Å². The molecule has 2 aromatic carbocycles. The number of carbonyl (C=O) groups excluding carboxylic acids is 1. The average molecular weight is 345 g/mol. The third-order valence-electron chi connectivity index (χ3n) is 3.52. The first-order chi connectivity index (χ1) is 11.9. The highest BCUT2D eigenvalue weighted by Crippen LogP contribution is 2.29. The van der Waals surface area contributed by atoms with Crippen molar-refractivity contribution in [2.75, 3.05) is 24.9 Å². The fourth-order valence-electron chi connectivity index (χ4n) is 2.14. The molecule has 25 heavy (non-hydrogen) atoms. The van der Waals surface area contributed by atoms with Crippen LogP contribution < -0.4 is 20.1 Å². The van der Waals surface area contributed by atoms with E-state index in [0.29, 0.717) is 5.69 Å². The van der Waals surface area contributed by atoms with Crippen molar-refractivity contribution in [1.82, 2.24) is 0 Å². The molecular weight excluding hydrogens is 326 g/mol. The van der Waals surface area contributed by atoms with Crippen molar-refractivity contribution in [3.05, 3.63) is 52.6 Å². The lowest BCUT2D eigenvalue weighted by molar-refractivity contribution is -0.384. The van der Waals surface area contributed by atoms with Crippen LogP contribution >= 0.6 is 0 Å². The van der Waals surface area contributed by atoms with Gasteiger partial charge in [0.2, 0.25) is 5.91 Å². The molecule has 132 valence electrons. The summed E-state index contributed by atoms with van der Waals surface area (Å²) in [6.45, 7) is 1.71. The maximum Gasteiger partial charge on any atom is 0.273 e. The molecule has 0 heterocycles. The van der Waals surface area contributed by atoms with Crippen LogP contribution in [0.4, 0.5) is 17.1 Å². The van der Waals surface area contributed by atoms with Crippen molar-refractivity contribution in [1.29, 1.82) is 0 Å².